The van der Waals surface area contributed by atoms with E-state index < -0.39 is 85.5 Å². The molecular weight excluding hydrogens is 636 g/mol. The maximum atomic E-state index is 12.4. The predicted molar refractivity (Wildman–Crippen MR) is 169 cm³/mol. The molecule has 15 nitrogen and oxygen atoms in total. The zero-order valence-corrected chi connectivity index (χ0v) is 28.4. The highest BCUT2D eigenvalue weighted by Gasteiger charge is 2.41. The van der Waals surface area contributed by atoms with Crippen LogP contribution in [0.1, 0.15) is 130 Å². The van der Waals surface area contributed by atoms with E-state index >= 15 is 0 Å². The molecule has 0 aromatic rings. The quantitative estimate of drug-likeness (QED) is 0.0489. The number of carbonyl (C=O) groups is 7. The first kappa shape index (κ1) is 44.2. The van der Waals surface area contributed by atoms with Crippen LogP contribution in [0.15, 0.2) is 0 Å². The van der Waals surface area contributed by atoms with Crippen LogP contribution in [0.25, 0.3) is 0 Å². The molecule has 0 bridgehead atoms. The summed E-state index contributed by atoms with van der Waals surface area (Å²) >= 11 is 0. The number of carboxylic acids is 3. The van der Waals surface area contributed by atoms with Gasteiger partial charge in [-0.1, -0.05) is 97.3 Å². The summed E-state index contributed by atoms with van der Waals surface area (Å²) in [4.78, 5) is 81.6. The molecule has 0 aliphatic rings. The van der Waals surface area contributed by atoms with E-state index in [0.717, 1.165) is 38.5 Å². The molecule has 276 valence electrons. The Kier molecular flexibility index (Phi) is 23.3. The van der Waals surface area contributed by atoms with Gasteiger partial charge in [-0.05, 0) is 19.3 Å². The minimum Gasteiger partial charge on any atom is -0.481 e. The normalized spacial score (nSPS) is 13.5. The molecule has 0 radical (unpaired) electrons. The number of hydrogen-bond acceptors (Lipinski definition) is 12. The summed E-state index contributed by atoms with van der Waals surface area (Å²) in [6.07, 6.45) is 9.07. The third-order valence-corrected chi connectivity index (χ3v) is 7.32. The summed E-state index contributed by atoms with van der Waals surface area (Å²) in [6, 6.07) is 0. The van der Waals surface area contributed by atoms with Crippen LogP contribution in [0.2, 0.25) is 0 Å². The van der Waals surface area contributed by atoms with Crippen molar-refractivity contribution in [2.45, 2.75) is 148 Å². The topological polar surface area (TPSA) is 237 Å². The van der Waals surface area contributed by atoms with E-state index in [1.54, 1.807) is 0 Å². The second-order valence-electron chi connectivity index (χ2n) is 12.3. The molecule has 0 rings (SSSR count). The Morgan fingerprint density at radius 3 is 1.54 bits per heavy atom. The van der Waals surface area contributed by atoms with Gasteiger partial charge in [-0.2, -0.15) is 0 Å². The van der Waals surface area contributed by atoms with Gasteiger partial charge in [0.05, 0.1) is 25.9 Å². The second-order valence-corrected chi connectivity index (χ2v) is 12.3. The molecule has 0 saturated carbocycles. The Bertz CT molecular complexity index is 1020. The molecule has 0 heterocycles. The van der Waals surface area contributed by atoms with E-state index in [2.05, 4.69) is 18.6 Å². The summed E-state index contributed by atoms with van der Waals surface area (Å²) < 4.78 is 19.2. The average molecular weight is 691 g/mol. The van der Waals surface area contributed by atoms with Crippen molar-refractivity contribution in [1.29, 1.82) is 0 Å². The highest BCUT2D eigenvalue weighted by atomic mass is 16.6. The van der Waals surface area contributed by atoms with Gasteiger partial charge in [-0.3, -0.25) is 14.4 Å². The van der Waals surface area contributed by atoms with Gasteiger partial charge in [0.1, 0.15) is 0 Å². The Hall–Kier alpha value is -3.75. The van der Waals surface area contributed by atoms with E-state index in [0.29, 0.717) is 6.42 Å². The molecule has 0 spiro atoms. The van der Waals surface area contributed by atoms with Crippen LogP contribution >= 0.6 is 0 Å². The lowest BCUT2D eigenvalue weighted by Gasteiger charge is -2.20. The minimum absolute atomic E-state index is 0.00302. The largest absolute Gasteiger partial charge is 0.481 e. The molecule has 3 unspecified atom stereocenters. The van der Waals surface area contributed by atoms with Gasteiger partial charge in [-0.25, -0.2) is 19.2 Å². The second kappa shape index (κ2) is 25.3. The first-order chi connectivity index (χ1) is 22.6. The lowest BCUT2D eigenvalue weighted by atomic mass is 9.96. The maximum absolute atomic E-state index is 12.4. The molecule has 3 atom stereocenters. The summed E-state index contributed by atoms with van der Waals surface area (Å²) in [5.41, 5.74) is -2.98. The molecule has 0 aromatic carbocycles. The fourth-order valence-corrected chi connectivity index (χ4v) is 4.61. The molecule has 0 fully saturated rings. The molecule has 0 amide bonds. The summed E-state index contributed by atoms with van der Waals surface area (Å²) in [6.45, 7) is 4.42. The minimum atomic E-state index is -2.98. The first-order valence-corrected chi connectivity index (χ1v) is 16.7. The maximum Gasteiger partial charge on any atom is 0.348 e. The van der Waals surface area contributed by atoms with Crippen LogP contribution in [0.4, 0.5) is 0 Å². The van der Waals surface area contributed by atoms with Gasteiger partial charge in [-0.15, -0.1) is 0 Å². The van der Waals surface area contributed by atoms with Crippen LogP contribution < -0.4 is 0 Å². The third kappa shape index (κ3) is 22.7. The predicted octanol–water partition coefficient (Wildman–Crippen LogP) is 4.19. The molecule has 0 aliphatic carbocycles. The summed E-state index contributed by atoms with van der Waals surface area (Å²) in [7, 11) is 0. The van der Waals surface area contributed by atoms with Crippen molar-refractivity contribution in [3.05, 3.63) is 0 Å². The van der Waals surface area contributed by atoms with E-state index in [1.807, 2.05) is 0 Å². The number of carbonyl (C=O) groups excluding carboxylic acids is 4. The van der Waals surface area contributed by atoms with Crippen molar-refractivity contribution in [3.8, 4) is 0 Å². The highest BCUT2D eigenvalue weighted by Crippen LogP contribution is 2.18. The van der Waals surface area contributed by atoms with Gasteiger partial charge in [0.25, 0.3) is 0 Å². The Labute approximate surface area is 281 Å². The van der Waals surface area contributed by atoms with Crippen molar-refractivity contribution in [2.75, 3.05) is 13.2 Å². The zero-order chi connectivity index (χ0) is 36.5. The molecule has 0 aromatic heterocycles. The summed E-state index contributed by atoms with van der Waals surface area (Å²) in [5, 5.41) is 36.6. The molecule has 0 aliphatic heterocycles. The lowest BCUT2D eigenvalue weighted by Crippen LogP contribution is -2.43. The van der Waals surface area contributed by atoms with E-state index in [9.17, 15) is 38.7 Å². The average Bonchev–Trinajstić information content (AvgIpc) is 2.98. The molecule has 48 heavy (non-hydrogen) atoms. The number of hydrogen-bond donors (Lipinski definition) is 4. The number of ether oxygens (including phenoxy) is 4. The number of unbranched alkanes of at least 4 members (excludes halogenated alkanes) is 12. The van der Waals surface area contributed by atoms with Gasteiger partial charge in [0.2, 0.25) is 6.10 Å². The van der Waals surface area contributed by atoms with E-state index in [1.165, 1.54) is 57.8 Å². The van der Waals surface area contributed by atoms with Crippen molar-refractivity contribution in [1.82, 2.24) is 0 Å². The van der Waals surface area contributed by atoms with Crippen LogP contribution in [0, 0.1) is 5.92 Å². The molecule has 4 N–H and O–H groups in total. The van der Waals surface area contributed by atoms with Crippen molar-refractivity contribution in [3.63, 3.8) is 0 Å². The number of aliphatic hydroxyl groups is 1. The standard InChI is InChI=1S/C33H54O15/c1-23(2)17-15-13-11-9-7-5-4-6-8-10-12-14-16-18-45-31(41)25(19-26(34)35)48-30(40)24(3)47-29(39)22-46-28(38)21-33(44,32(42)43)20-27(36)37/h23-25,44H,4-22H2,1-3H3,(H,34,35)(H,36,37)(H,42,43). The Morgan fingerprint density at radius 2 is 1.08 bits per heavy atom. The van der Waals surface area contributed by atoms with Gasteiger partial charge >= 0.3 is 41.8 Å². The third-order valence-electron chi connectivity index (χ3n) is 7.32. The van der Waals surface area contributed by atoms with Gasteiger partial charge < -0.3 is 39.4 Å². The molecule has 0 saturated heterocycles. The van der Waals surface area contributed by atoms with Crippen LogP contribution in [-0.2, 0) is 52.5 Å². The molecule has 15 heteroatoms. The monoisotopic (exact) mass is 690 g/mol. The highest BCUT2D eigenvalue weighted by molar-refractivity contribution is 5.89. The Balaban J connectivity index is 4.32. The van der Waals surface area contributed by atoms with Crippen molar-refractivity contribution >= 4 is 41.8 Å². The smallest absolute Gasteiger partial charge is 0.348 e. The van der Waals surface area contributed by atoms with Gasteiger partial charge in [0.15, 0.2) is 18.3 Å². The van der Waals surface area contributed by atoms with E-state index in [4.69, 9.17) is 29.5 Å². The SMILES string of the molecule is CC(C)CCCCCCCCCCCCCCCOC(=O)C(CC(=O)O)OC(=O)C(C)OC(=O)COC(=O)CC(O)(CC(=O)O)C(=O)O. The fraction of sp³-hybridized carbons (Fsp3) is 0.788. The van der Waals surface area contributed by atoms with Crippen LogP contribution in [0.3, 0.4) is 0 Å². The van der Waals surface area contributed by atoms with Crippen LogP contribution in [-0.4, -0.2) is 93.2 Å². The zero-order valence-electron chi connectivity index (χ0n) is 28.4. The number of esters is 4. The molecular formula is C33H54O15. The number of rotatable bonds is 29. The lowest BCUT2D eigenvalue weighted by molar-refractivity contribution is -0.182. The number of carboxylic acid groups (broad SMARTS) is 3. The van der Waals surface area contributed by atoms with E-state index in [-0.39, 0.29) is 6.61 Å². The van der Waals surface area contributed by atoms with Crippen molar-refractivity contribution < 1.29 is 72.9 Å². The van der Waals surface area contributed by atoms with Crippen LogP contribution in [0.5, 0.6) is 0 Å². The first-order valence-electron chi connectivity index (χ1n) is 16.7. The summed E-state index contributed by atoms with van der Waals surface area (Å²) in [5.74, 6) is -9.50. The fourth-order valence-electron chi connectivity index (χ4n) is 4.61. The Morgan fingerprint density at radius 1 is 0.583 bits per heavy atom. The number of aliphatic carboxylic acids is 3. The van der Waals surface area contributed by atoms with Crippen molar-refractivity contribution in [2.24, 2.45) is 5.92 Å². The van der Waals surface area contributed by atoms with Gasteiger partial charge in [0, 0.05) is 0 Å².